The number of carbonyl (C=O) groups is 1. The van der Waals surface area contributed by atoms with Crippen LogP contribution in [0, 0.1) is 6.92 Å². The van der Waals surface area contributed by atoms with Crippen molar-refractivity contribution in [3.63, 3.8) is 0 Å². The summed E-state index contributed by atoms with van der Waals surface area (Å²) in [5.74, 6) is 0.292. The molecule has 2 aromatic rings. The molecule has 0 aliphatic carbocycles. The fraction of sp³-hybridized carbons (Fsp3) is 0.316. The van der Waals surface area contributed by atoms with Crippen LogP contribution in [0.25, 0.3) is 0 Å². The third-order valence-electron chi connectivity index (χ3n) is 4.10. The van der Waals surface area contributed by atoms with E-state index in [4.69, 9.17) is 9.47 Å². The summed E-state index contributed by atoms with van der Waals surface area (Å²) in [6, 6.07) is 7.67. The third-order valence-corrected chi connectivity index (χ3v) is 4.10. The minimum absolute atomic E-state index is 0.200. The van der Waals surface area contributed by atoms with E-state index in [1.165, 1.54) is 44.6 Å². The number of benzene rings is 2. The van der Waals surface area contributed by atoms with Crippen LogP contribution >= 0.6 is 0 Å². The zero-order valence-corrected chi connectivity index (χ0v) is 15.1. The first kappa shape index (κ1) is 20.6. The van der Waals surface area contributed by atoms with Gasteiger partial charge in [-0.15, -0.1) is 0 Å². The number of amides is 1. The van der Waals surface area contributed by atoms with E-state index in [0.717, 1.165) is 6.07 Å². The monoisotopic (exact) mass is 383 g/mol. The molecule has 0 saturated carbocycles. The highest BCUT2D eigenvalue weighted by Crippen LogP contribution is 2.34. The summed E-state index contributed by atoms with van der Waals surface area (Å²) in [5, 5.41) is 12.6. The molecule has 1 amide bonds. The molecule has 8 heteroatoms. The Balaban J connectivity index is 2.17. The number of alkyl halides is 3. The molecule has 0 fully saturated rings. The highest BCUT2D eigenvalue weighted by atomic mass is 19.4. The predicted molar refractivity (Wildman–Crippen MR) is 93.0 cm³/mol. The number of methoxy groups -OCH3 is 2. The topological polar surface area (TPSA) is 67.8 Å². The van der Waals surface area contributed by atoms with Gasteiger partial charge in [0.25, 0.3) is 5.91 Å². The number of carbonyl (C=O) groups excluding carboxylic acids is 1. The second kappa shape index (κ2) is 8.30. The molecular formula is C19H20F3NO4. The standard InChI is InChI=1S/C19H20F3NO4/c1-11-16(26-2)8-12(9-17(11)27-3)18(25)23-10-15(24)13-6-4-5-7-14(13)19(20,21)22/h4-9,15,24H,10H2,1-3H3,(H,23,25). The van der Waals surface area contributed by atoms with Crippen molar-refractivity contribution < 1.29 is 32.5 Å². The third kappa shape index (κ3) is 4.71. The largest absolute Gasteiger partial charge is 0.496 e. The Hall–Kier alpha value is -2.74. The van der Waals surface area contributed by atoms with Gasteiger partial charge < -0.3 is 19.9 Å². The molecule has 0 heterocycles. The van der Waals surface area contributed by atoms with Gasteiger partial charge in [0.15, 0.2) is 0 Å². The molecule has 2 rings (SSSR count). The number of ether oxygens (including phenoxy) is 2. The van der Waals surface area contributed by atoms with Crippen LogP contribution in [0.4, 0.5) is 13.2 Å². The average Bonchev–Trinajstić information content (AvgIpc) is 2.65. The number of aliphatic hydroxyl groups is 1. The van der Waals surface area contributed by atoms with Gasteiger partial charge in [0.1, 0.15) is 11.5 Å². The summed E-state index contributed by atoms with van der Waals surface area (Å²) >= 11 is 0. The van der Waals surface area contributed by atoms with E-state index in [1.54, 1.807) is 6.92 Å². The number of hydrogen-bond donors (Lipinski definition) is 2. The summed E-state index contributed by atoms with van der Waals surface area (Å²) in [7, 11) is 2.89. The van der Waals surface area contributed by atoms with E-state index in [0.29, 0.717) is 17.1 Å². The van der Waals surface area contributed by atoms with Gasteiger partial charge in [-0.2, -0.15) is 13.2 Å². The number of rotatable bonds is 6. The number of halogens is 3. The zero-order valence-electron chi connectivity index (χ0n) is 15.1. The molecule has 2 N–H and O–H groups in total. The van der Waals surface area contributed by atoms with Crippen molar-refractivity contribution >= 4 is 5.91 Å². The van der Waals surface area contributed by atoms with Crippen LogP contribution in [0.2, 0.25) is 0 Å². The lowest BCUT2D eigenvalue weighted by Crippen LogP contribution is -2.29. The molecule has 0 aliphatic heterocycles. The number of hydrogen-bond acceptors (Lipinski definition) is 4. The van der Waals surface area contributed by atoms with Crippen LogP contribution in [0.5, 0.6) is 11.5 Å². The first-order valence-electron chi connectivity index (χ1n) is 8.04. The van der Waals surface area contributed by atoms with Gasteiger partial charge in [-0.25, -0.2) is 0 Å². The Labute approximate surface area is 154 Å². The lowest BCUT2D eigenvalue weighted by atomic mass is 10.0. The molecule has 2 aromatic carbocycles. The van der Waals surface area contributed by atoms with Crippen molar-refractivity contribution in [2.24, 2.45) is 0 Å². The maximum Gasteiger partial charge on any atom is 0.416 e. The van der Waals surface area contributed by atoms with E-state index in [1.807, 2.05) is 0 Å². The normalized spacial score (nSPS) is 12.4. The van der Waals surface area contributed by atoms with Gasteiger partial charge in [-0.1, -0.05) is 18.2 Å². The second-order valence-electron chi connectivity index (χ2n) is 5.82. The van der Waals surface area contributed by atoms with Gasteiger partial charge in [-0.3, -0.25) is 4.79 Å². The number of aliphatic hydroxyl groups excluding tert-OH is 1. The quantitative estimate of drug-likeness (QED) is 0.801. The maximum absolute atomic E-state index is 13.1. The summed E-state index contributed by atoms with van der Waals surface area (Å²) < 4.78 is 49.5. The molecule has 0 aliphatic rings. The van der Waals surface area contributed by atoms with E-state index in [-0.39, 0.29) is 17.7 Å². The summed E-state index contributed by atoms with van der Waals surface area (Å²) in [5.41, 5.74) is -0.337. The Bertz CT molecular complexity index is 796. The van der Waals surface area contributed by atoms with Crippen LogP contribution in [0.1, 0.15) is 33.2 Å². The first-order valence-corrected chi connectivity index (χ1v) is 8.04. The van der Waals surface area contributed by atoms with Gasteiger partial charge in [-0.05, 0) is 30.7 Å². The van der Waals surface area contributed by atoms with Crippen LogP contribution in [0.15, 0.2) is 36.4 Å². The van der Waals surface area contributed by atoms with Crippen molar-refractivity contribution in [2.45, 2.75) is 19.2 Å². The molecular weight excluding hydrogens is 363 g/mol. The van der Waals surface area contributed by atoms with E-state index < -0.39 is 23.8 Å². The maximum atomic E-state index is 13.1. The molecule has 0 spiro atoms. The number of nitrogens with one attached hydrogen (secondary N) is 1. The molecule has 5 nitrogen and oxygen atoms in total. The van der Waals surface area contributed by atoms with Crippen LogP contribution in [0.3, 0.4) is 0 Å². The van der Waals surface area contributed by atoms with Crippen molar-refractivity contribution in [1.29, 1.82) is 0 Å². The zero-order chi connectivity index (χ0) is 20.2. The minimum Gasteiger partial charge on any atom is -0.496 e. The summed E-state index contributed by atoms with van der Waals surface area (Å²) in [6.45, 7) is 1.38. The van der Waals surface area contributed by atoms with Crippen molar-refractivity contribution in [3.05, 3.63) is 58.7 Å². The second-order valence-corrected chi connectivity index (χ2v) is 5.82. The molecule has 0 bridgehead atoms. The van der Waals surface area contributed by atoms with E-state index >= 15 is 0 Å². The molecule has 0 saturated heterocycles. The van der Waals surface area contributed by atoms with E-state index in [2.05, 4.69) is 5.32 Å². The van der Waals surface area contributed by atoms with Crippen LogP contribution < -0.4 is 14.8 Å². The Morgan fingerprint density at radius 3 is 2.22 bits per heavy atom. The van der Waals surface area contributed by atoms with Crippen molar-refractivity contribution in [3.8, 4) is 11.5 Å². The molecule has 1 atom stereocenters. The first-order chi connectivity index (χ1) is 12.7. The Morgan fingerprint density at radius 2 is 1.70 bits per heavy atom. The fourth-order valence-electron chi connectivity index (χ4n) is 2.66. The van der Waals surface area contributed by atoms with Crippen molar-refractivity contribution in [1.82, 2.24) is 5.32 Å². The molecule has 1 unspecified atom stereocenters. The summed E-state index contributed by atoms with van der Waals surface area (Å²) in [4.78, 5) is 12.4. The SMILES string of the molecule is COc1cc(C(=O)NCC(O)c2ccccc2C(F)(F)F)cc(OC)c1C. The smallest absolute Gasteiger partial charge is 0.416 e. The van der Waals surface area contributed by atoms with Gasteiger partial charge >= 0.3 is 6.18 Å². The van der Waals surface area contributed by atoms with Gasteiger partial charge in [0, 0.05) is 17.7 Å². The van der Waals surface area contributed by atoms with Crippen molar-refractivity contribution in [2.75, 3.05) is 20.8 Å². The Morgan fingerprint density at radius 1 is 1.15 bits per heavy atom. The van der Waals surface area contributed by atoms with Gasteiger partial charge in [0.2, 0.25) is 0 Å². The Kier molecular flexibility index (Phi) is 6.32. The highest BCUT2D eigenvalue weighted by molar-refractivity contribution is 5.95. The highest BCUT2D eigenvalue weighted by Gasteiger charge is 2.34. The molecule has 0 radical (unpaired) electrons. The predicted octanol–water partition coefficient (Wildman–Crippen LogP) is 3.49. The fourth-order valence-corrected chi connectivity index (χ4v) is 2.66. The lowest BCUT2D eigenvalue weighted by Gasteiger charge is -2.18. The minimum atomic E-state index is -4.60. The molecule has 27 heavy (non-hydrogen) atoms. The molecule has 146 valence electrons. The van der Waals surface area contributed by atoms with E-state index in [9.17, 15) is 23.1 Å². The lowest BCUT2D eigenvalue weighted by molar-refractivity contribution is -0.139. The van der Waals surface area contributed by atoms with Gasteiger partial charge in [0.05, 0.1) is 25.9 Å². The van der Waals surface area contributed by atoms with Crippen LogP contribution in [-0.4, -0.2) is 31.8 Å². The summed E-state index contributed by atoms with van der Waals surface area (Å²) in [6.07, 6.45) is -6.11. The molecule has 0 aromatic heterocycles. The van der Waals surface area contributed by atoms with Crippen LogP contribution in [-0.2, 0) is 6.18 Å². The average molecular weight is 383 g/mol.